The van der Waals surface area contributed by atoms with Gasteiger partial charge in [0.2, 0.25) is 0 Å². The van der Waals surface area contributed by atoms with Crippen LogP contribution < -0.4 is 10.1 Å². The highest BCUT2D eigenvalue weighted by Crippen LogP contribution is 2.27. The van der Waals surface area contributed by atoms with Gasteiger partial charge in [-0.3, -0.25) is 14.9 Å². The SMILES string of the molecule is O=C(COC(=O)c1ccccc1OC(F)F)Nc1ccc(Cl)c([N+](=O)[O-])c1. The lowest BCUT2D eigenvalue weighted by Gasteiger charge is -2.10. The summed E-state index contributed by atoms with van der Waals surface area (Å²) in [6, 6.07) is 8.71. The summed E-state index contributed by atoms with van der Waals surface area (Å²) >= 11 is 5.66. The molecule has 2 rings (SSSR count). The standard InChI is InChI=1S/C16H11ClF2N2O6/c17-11-6-5-9(7-12(11)21(24)25)20-14(22)8-26-15(23)10-3-1-2-4-13(10)27-16(18)19/h1-7,16H,8H2,(H,20,22). The molecule has 0 heterocycles. The van der Waals surface area contributed by atoms with E-state index in [1.54, 1.807) is 0 Å². The maximum absolute atomic E-state index is 12.3. The first-order valence-electron chi connectivity index (χ1n) is 7.22. The van der Waals surface area contributed by atoms with Crippen LogP contribution in [0.3, 0.4) is 0 Å². The number of nitro groups is 1. The molecule has 1 N–H and O–H groups in total. The van der Waals surface area contributed by atoms with Gasteiger partial charge >= 0.3 is 12.6 Å². The molecule has 0 saturated carbocycles. The van der Waals surface area contributed by atoms with Crippen LogP contribution in [0.25, 0.3) is 0 Å². The van der Waals surface area contributed by atoms with Crippen molar-refractivity contribution in [3.63, 3.8) is 0 Å². The van der Waals surface area contributed by atoms with E-state index in [1.165, 1.54) is 30.3 Å². The predicted molar refractivity (Wildman–Crippen MR) is 90.1 cm³/mol. The fourth-order valence-electron chi connectivity index (χ4n) is 1.97. The van der Waals surface area contributed by atoms with Gasteiger partial charge < -0.3 is 14.8 Å². The van der Waals surface area contributed by atoms with Gasteiger partial charge in [0.15, 0.2) is 6.61 Å². The Labute approximate surface area is 155 Å². The number of carbonyl (C=O) groups excluding carboxylic acids is 2. The van der Waals surface area contributed by atoms with Gasteiger partial charge in [-0.15, -0.1) is 0 Å². The number of esters is 1. The number of para-hydroxylation sites is 1. The van der Waals surface area contributed by atoms with E-state index in [0.29, 0.717) is 0 Å². The Bertz CT molecular complexity index is 878. The number of hydrogen-bond donors (Lipinski definition) is 1. The van der Waals surface area contributed by atoms with Gasteiger partial charge in [0, 0.05) is 11.8 Å². The largest absolute Gasteiger partial charge is 0.452 e. The molecule has 11 heteroatoms. The van der Waals surface area contributed by atoms with Gasteiger partial charge in [0.1, 0.15) is 16.3 Å². The Balaban J connectivity index is 1.99. The van der Waals surface area contributed by atoms with Crippen molar-refractivity contribution in [3.8, 4) is 5.75 Å². The minimum absolute atomic E-state index is 0.0635. The van der Waals surface area contributed by atoms with E-state index < -0.39 is 41.5 Å². The number of nitro benzene ring substituents is 1. The first kappa shape index (κ1) is 20.0. The Morgan fingerprint density at radius 2 is 1.93 bits per heavy atom. The summed E-state index contributed by atoms with van der Waals surface area (Å²) in [5, 5.41) is 13.0. The minimum Gasteiger partial charge on any atom is -0.452 e. The highest BCUT2D eigenvalue weighted by molar-refractivity contribution is 6.32. The quantitative estimate of drug-likeness (QED) is 0.432. The fourth-order valence-corrected chi connectivity index (χ4v) is 2.16. The van der Waals surface area contributed by atoms with E-state index in [1.807, 2.05) is 0 Å². The van der Waals surface area contributed by atoms with Crippen molar-refractivity contribution in [1.29, 1.82) is 0 Å². The molecule has 0 aliphatic carbocycles. The Kier molecular flexibility index (Phi) is 6.61. The zero-order chi connectivity index (χ0) is 20.0. The van der Waals surface area contributed by atoms with Gasteiger partial charge in [0.05, 0.1) is 4.92 Å². The van der Waals surface area contributed by atoms with Crippen molar-refractivity contribution >= 4 is 34.9 Å². The van der Waals surface area contributed by atoms with Crippen molar-refractivity contribution in [2.24, 2.45) is 0 Å². The summed E-state index contributed by atoms with van der Waals surface area (Å²) < 4.78 is 33.6. The molecule has 27 heavy (non-hydrogen) atoms. The molecule has 0 aliphatic rings. The van der Waals surface area contributed by atoms with Crippen LogP contribution in [0.15, 0.2) is 42.5 Å². The van der Waals surface area contributed by atoms with Crippen LogP contribution in [0.4, 0.5) is 20.2 Å². The van der Waals surface area contributed by atoms with Crippen molar-refractivity contribution in [3.05, 3.63) is 63.2 Å². The Morgan fingerprint density at radius 1 is 1.22 bits per heavy atom. The maximum atomic E-state index is 12.3. The third kappa shape index (κ3) is 5.61. The highest BCUT2D eigenvalue weighted by Gasteiger charge is 2.18. The molecule has 2 aromatic rings. The molecular formula is C16H11ClF2N2O6. The summed E-state index contributed by atoms with van der Waals surface area (Å²) in [5.74, 6) is -2.25. The topological polar surface area (TPSA) is 108 Å². The smallest absolute Gasteiger partial charge is 0.387 e. The molecule has 0 aromatic heterocycles. The van der Waals surface area contributed by atoms with Crippen LogP contribution in [0.2, 0.25) is 5.02 Å². The van der Waals surface area contributed by atoms with Crippen molar-refractivity contribution in [2.45, 2.75) is 6.61 Å². The van der Waals surface area contributed by atoms with Crippen LogP contribution in [0.5, 0.6) is 5.75 Å². The molecule has 0 saturated heterocycles. The van der Waals surface area contributed by atoms with E-state index in [9.17, 15) is 28.5 Å². The average Bonchev–Trinajstić information content (AvgIpc) is 2.61. The van der Waals surface area contributed by atoms with E-state index in [-0.39, 0.29) is 16.3 Å². The number of nitrogens with zero attached hydrogens (tertiary/aromatic N) is 1. The number of alkyl halides is 2. The molecule has 0 radical (unpaired) electrons. The lowest BCUT2D eigenvalue weighted by Crippen LogP contribution is -2.21. The lowest BCUT2D eigenvalue weighted by atomic mass is 10.2. The Morgan fingerprint density at radius 3 is 2.59 bits per heavy atom. The molecule has 0 spiro atoms. The maximum Gasteiger partial charge on any atom is 0.387 e. The van der Waals surface area contributed by atoms with Gasteiger partial charge in [0.25, 0.3) is 11.6 Å². The summed E-state index contributed by atoms with van der Waals surface area (Å²) in [7, 11) is 0. The summed E-state index contributed by atoms with van der Waals surface area (Å²) in [6.07, 6.45) is 0. The first-order valence-corrected chi connectivity index (χ1v) is 7.60. The second-order valence-electron chi connectivity index (χ2n) is 4.92. The van der Waals surface area contributed by atoms with E-state index >= 15 is 0 Å². The highest BCUT2D eigenvalue weighted by atomic mass is 35.5. The molecule has 0 atom stereocenters. The number of amides is 1. The number of rotatable bonds is 7. The zero-order valence-corrected chi connectivity index (χ0v) is 14.1. The molecule has 0 fully saturated rings. The molecule has 142 valence electrons. The van der Waals surface area contributed by atoms with E-state index in [4.69, 9.17) is 16.3 Å². The molecule has 2 aromatic carbocycles. The van der Waals surface area contributed by atoms with Crippen LogP contribution in [-0.4, -0.2) is 30.0 Å². The van der Waals surface area contributed by atoms with Gasteiger partial charge in [-0.05, 0) is 24.3 Å². The van der Waals surface area contributed by atoms with E-state index in [2.05, 4.69) is 10.1 Å². The van der Waals surface area contributed by atoms with E-state index in [0.717, 1.165) is 12.1 Å². The molecule has 0 bridgehead atoms. The van der Waals surface area contributed by atoms with Crippen molar-refractivity contribution < 1.29 is 32.8 Å². The normalized spacial score (nSPS) is 10.4. The average molecular weight is 401 g/mol. The first-order chi connectivity index (χ1) is 12.8. The van der Waals surface area contributed by atoms with Crippen LogP contribution in [-0.2, 0) is 9.53 Å². The molecule has 1 amide bonds. The summed E-state index contributed by atoms with van der Waals surface area (Å²) in [6.45, 7) is -3.89. The predicted octanol–water partition coefficient (Wildman–Crippen LogP) is 3.65. The number of nitrogens with one attached hydrogen (secondary N) is 1. The van der Waals surface area contributed by atoms with Crippen molar-refractivity contribution in [1.82, 2.24) is 0 Å². The van der Waals surface area contributed by atoms with Crippen LogP contribution >= 0.6 is 11.6 Å². The molecule has 8 nitrogen and oxygen atoms in total. The molecule has 0 unspecified atom stereocenters. The van der Waals surface area contributed by atoms with Crippen LogP contribution in [0.1, 0.15) is 10.4 Å². The number of benzene rings is 2. The lowest BCUT2D eigenvalue weighted by molar-refractivity contribution is -0.384. The molecule has 0 aliphatic heterocycles. The van der Waals surface area contributed by atoms with Crippen LogP contribution in [0, 0.1) is 10.1 Å². The third-order valence-corrected chi connectivity index (χ3v) is 3.40. The monoisotopic (exact) mass is 400 g/mol. The second kappa shape index (κ2) is 8.90. The summed E-state index contributed by atoms with van der Waals surface area (Å²) in [5.41, 5.74) is -0.633. The van der Waals surface area contributed by atoms with Gasteiger partial charge in [-0.1, -0.05) is 23.7 Å². The number of halogens is 3. The van der Waals surface area contributed by atoms with Crippen molar-refractivity contribution in [2.75, 3.05) is 11.9 Å². The number of carbonyl (C=O) groups is 2. The number of anilines is 1. The Hall–Kier alpha value is -3.27. The van der Waals surface area contributed by atoms with Gasteiger partial charge in [-0.25, -0.2) is 4.79 Å². The second-order valence-corrected chi connectivity index (χ2v) is 5.33. The minimum atomic E-state index is -3.14. The number of ether oxygens (including phenoxy) is 2. The molecular weight excluding hydrogens is 390 g/mol. The summed E-state index contributed by atoms with van der Waals surface area (Å²) in [4.78, 5) is 33.9. The van der Waals surface area contributed by atoms with Gasteiger partial charge in [-0.2, -0.15) is 8.78 Å². The zero-order valence-electron chi connectivity index (χ0n) is 13.4. The third-order valence-electron chi connectivity index (χ3n) is 3.08. The fraction of sp³-hybridized carbons (Fsp3) is 0.125. The number of hydrogen-bond acceptors (Lipinski definition) is 6.